The molecule has 0 radical (unpaired) electrons. The first-order valence-electron chi connectivity index (χ1n) is 14.3. The first kappa shape index (κ1) is 26.8. The average molecular weight is 563 g/mol. The van der Waals surface area contributed by atoms with Crippen LogP contribution >= 0.6 is 11.3 Å². The Kier molecular flexibility index (Phi) is 6.84. The molecule has 0 aliphatic heterocycles. The fourth-order valence-electron chi connectivity index (χ4n) is 7.70. The van der Waals surface area contributed by atoms with Crippen molar-refractivity contribution >= 4 is 52.0 Å². The maximum atomic E-state index is 5.49. The number of aromatic nitrogens is 2. The van der Waals surface area contributed by atoms with Gasteiger partial charge in [0.25, 0.3) is 0 Å². The molecule has 6 rings (SSSR count). The van der Waals surface area contributed by atoms with Crippen molar-refractivity contribution in [3.8, 4) is 27.3 Å². The molecule has 204 valence electrons. The van der Waals surface area contributed by atoms with Crippen LogP contribution in [0.3, 0.4) is 0 Å². The number of methoxy groups -OCH3 is 1. The monoisotopic (exact) mass is 562 g/mol. The summed E-state index contributed by atoms with van der Waals surface area (Å²) in [7, 11) is -0.215. The molecule has 0 unspecified atom stereocenters. The van der Waals surface area contributed by atoms with Gasteiger partial charge in [0.2, 0.25) is 0 Å². The van der Waals surface area contributed by atoms with Crippen molar-refractivity contribution in [1.29, 1.82) is 0 Å². The van der Waals surface area contributed by atoms with Gasteiger partial charge in [-0.25, -0.2) is 0 Å². The van der Waals surface area contributed by atoms with Gasteiger partial charge in [-0.15, -0.1) is 11.3 Å². The van der Waals surface area contributed by atoms with Crippen LogP contribution in [0.4, 0.5) is 0 Å². The molecule has 40 heavy (non-hydrogen) atoms. The number of benzene rings is 3. The van der Waals surface area contributed by atoms with Crippen LogP contribution in [0, 0.1) is 0 Å². The first-order chi connectivity index (χ1) is 19.3. The largest absolute Gasteiger partial charge is 0.497 e. The number of fused-ring (bicyclic) bond motifs is 4. The molecule has 5 heteroatoms. The normalized spacial score (nSPS) is 12.6. The van der Waals surface area contributed by atoms with Crippen molar-refractivity contribution in [2.24, 2.45) is 0 Å². The average Bonchev–Trinajstić information content (AvgIpc) is 3.62. The smallest absolute Gasteiger partial charge is 0.169 e. The number of rotatable bonds is 7. The molecular formula is C35H38N2OSSi. The van der Waals surface area contributed by atoms with E-state index in [1.165, 1.54) is 54.0 Å². The lowest BCUT2D eigenvalue weighted by atomic mass is 9.87. The molecule has 0 saturated heterocycles. The molecule has 3 aromatic heterocycles. The van der Waals surface area contributed by atoms with E-state index >= 15 is 0 Å². The number of nitrogens with zero attached hydrogens (tertiary/aromatic N) is 2. The van der Waals surface area contributed by atoms with Gasteiger partial charge in [-0.05, 0) is 86.5 Å². The highest BCUT2D eigenvalue weighted by molar-refractivity contribution is 7.13. The number of pyridine rings is 1. The van der Waals surface area contributed by atoms with Crippen molar-refractivity contribution in [3.05, 3.63) is 84.6 Å². The van der Waals surface area contributed by atoms with Gasteiger partial charge in [-0.2, -0.15) is 0 Å². The number of thiophene rings is 1. The predicted molar refractivity (Wildman–Crippen MR) is 176 cm³/mol. The van der Waals surface area contributed by atoms with E-state index in [9.17, 15) is 0 Å². The van der Waals surface area contributed by atoms with E-state index in [-0.39, 0.29) is 0 Å². The van der Waals surface area contributed by atoms with Crippen LogP contribution in [0.5, 0.6) is 5.75 Å². The van der Waals surface area contributed by atoms with Crippen LogP contribution in [-0.2, 0) is 0 Å². The van der Waals surface area contributed by atoms with Gasteiger partial charge in [-0.1, -0.05) is 65.8 Å². The Morgan fingerprint density at radius 1 is 0.750 bits per heavy atom. The van der Waals surface area contributed by atoms with Gasteiger partial charge < -0.3 is 8.97 Å². The highest BCUT2D eigenvalue weighted by Crippen LogP contribution is 2.49. The molecular weight excluding hydrogens is 525 g/mol. The van der Waals surface area contributed by atoms with Crippen LogP contribution in [0.1, 0.15) is 41.5 Å². The fraction of sp³-hybridized carbons (Fsp3) is 0.286. The van der Waals surface area contributed by atoms with Crippen molar-refractivity contribution in [2.75, 3.05) is 7.11 Å². The Morgan fingerprint density at radius 3 is 2.10 bits per heavy atom. The SMILES string of the molecule is COc1ccc(-c2c3cnccc3c(-c3cccs3)c3c2ccc2c3ccn2[Si](C(C)C)(C(C)C)C(C)C)cc1. The zero-order valence-corrected chi connectivity index (χ0v) is 26.3. The summed E-state index contributed by atoms with van der Waals surface area (Å²) in [6.07, 6.45) is 6.38. The molecule has 3 aromatic carbocycles. The van der Waals surface area contributed by atoms with Crippen molar-refractivity contribution in [2.45, 2.75) is 58.2 Å². The van der Waals surface area contributed by atoms with Crippen LogP contribution in [0.2, 0.25) is 16.6 Å². The van der Waals surface area contributed by atoms with Gasteiger partial charge in [-0.3, -0.25) is 4.98 Å². The lowest BCUT2D eigenvalue weighted by molar-refractivity contribution is 0.415. The summed E-state index contributed by atoms with van der Waals surface area (Å²) in [6.45, 7) is 14.7. The number of hydrogen-bond donors (Lipinski definition) is 0. The van der Waals surface area contributed by atoms with Crippen LogP contribution < -0.4 is 4.74 Å². The van der Waals surface area contributed by atoms with Gasteiger partial charge in [0.1, 0.15) is 5.75 Å². The fourth-order valence-corrected chi connectivity index (χ4v) is 15.1. The van der Waals surface area contributed by atoms with Gasteiger partial charge in [0.05, 0.1) is 7.11 Å². The Morgan fingerprint density at radius 2 is 1.48 bits per heavy atom. The highest BCUT2D eigenvalue weighted by Gasteiger charge is 2.45. The van der Waals surface area contributed by atoms with E-state index in [0.717, 1.165) is 5.75 Å². The zero-order chi connectivity index (χ0) is 28.2. The molecule has 0 aliphatic carbocycles. The van der Waals surface area contributed by atoms with E-state index < -0.39 is 8.24 Å². The summed E-state index contributed by atoms with van der Waals surface area (Å²) in [4.78, 5) is 5.89. The standard InChI is InChI=1S/C35H38N2OSSi/c1-22(2)40(23(3)4,24(5)6)37-19-17-28-31(37)15-14-29-33(25-10-12-26(38-7)13-11-25)30-21-36-18-16-27(30)35(34(28)29)32-9-8-20-39-32/h8-24H,1-7H3. The van der Waals surface area contributed by atoms with Crippen molar-refractivity contribution < 1.29 is 4.74 Å². The molecule has 3 nitrogen and oxygen atoms in total. The molecule has 0 atom stereocenters. The van der Waals surface area contributed by atoms with Gasteiger partial charge in [0, 0.05) is 44.5 Å². The van der Waals surface area contributed by atoms with E-state index in [0.29, 0.717) is 16.6 Å². The summed E-state index contributed by atoms with van der Waals surface area (Å²) in [6, 6.07) is 22.2. The van der Waals surface area contributed by atoms with E-state index in [2.05, 4.69) is 123 Å². The third kappa shape index (κ3) is 3.86. The Bertz CT molecular complexity index is 1790. The second kappa shape index (κ2) is 10.2. The lowest BCUT2D eigenvalue weighted by Gasteiger charge is -2.44. The summed E-state index contributed by atoms with van der Waals surface area (Å²) in [5.74, 6) is 0.863. The maximum absolute atomic E-state index is 5.49. The Balaban J connectivity index is 1.81. The molecule has 0 saturated carbocycles. The predicted octanol–water partition coefficient (Wildman–Crippen LogP) is 10.8. The highest BCUT2D eigenvalue weighted by atomic mass is 32.1. The number of hydrogen-bond acceptors (Lipinski definition) is 3. The molecule has 6 aromatic rings. The zero-order valence-electron chi connectivity index (χ0n) is 24.5. The Labute approximate surface area is 242 Å². The second-order valence-corrected chi connectivity index (χ2v) is 18.5. The van der Waals surface area contributed by atoms with Crippen molar-refractivity contribution in [3.63, 3.8) is 0 Å². The summed E-state index contributed by atoms with van der Waals surface area (Å²) >= 11 is 1.81. The lowest BCUT2D eigenvalue weighted by Crippen LogP contribution is -2.51. The van der Waals surface area contributed by atoms with E-state index in [1.54, 1.807) is 7.11 Å². The third-order valence-electron chi connectivity index (χ3n) is 9.09. The minimum absolute atomic E-state index is 0.619. The van der Waals surface area contributed by atoms with Crippen LogP contribution in [0.25, 0.3) is 54.0 Å². The summed E-state index contributed by atoms with van der Waals surface area (Å²) in [5.41, 5.74) is 6.94. The van der Waals surface area contributed by atoms with E-state index in [4.69, 9.17) is 4.74 Å². The van der Waals surface area contributed by atoms with E-state index in [1.807, 2.05) is 23.7 Å². The minimum atomic E-state index is -1.93. The molecule has 0 fully saturated rings. The molecule has 0 N–H and O–H groups in total. The van der Waals surface area contributed by atoms with Gasteiger partial charge >= 0.3 is 0 Å². The maximum Gasteiger partial charge on any atom is 0.169 e. The summed E-state index contributed by atoms with van der Waals surface area (Å²) in [5, 5.41) is 8.56. The summed E-state index contributed by atoms with van der Waals surface area (Å²) < 4.78 is 8.23. The molecule has 3 heterocycles. The topological polar surface area (TPSA) is 27.1 Å². The quantitative estimate of drug-likeness (QED) is 0.143. The van der Waals surface area contributed by atoms with Crippen LogP contribution in [-0.4, -0.2) is 24.6 Å². The number of ether oxygens (including phenoxy) is 1. The van der Waals surface area contributed by atoms with Crippen molar-refractivity contribution in [1.82, 2.24) is 9.22 Å². The van der Waals surface area contributed by atoms with Crippen LogP contribution in [0.15, 0.2) is 84.6 Å². The first-order valence-corrected chi connectivity index (χ1v) is 17.4. The minimum Gasteiger partial charge on any atom is -0.497 e. The Hall–Kier alpha value is -3.41. The third-order valence-corrected chi connectivity index (χ3v) is 16.8. The van der Waals surface area contributed by atoms with Gasteiger partial charge in [0.15, 0.2) is 8.24 Å². The molecule has 0 spiro atoms. The second-order valence-electron chi connectivity index (χ2n) is 11.8. The molecule has 0 bridgehead atoms. The molecule has 0 amide bonds. The molecule has 0 aliphatic rings.